The van der Waals surface area contributed by atoms with Gasteiger partial charge in [-0.15, -0.1) is 10.2 Å². The number of nitrogens with zero attached hydrogens (tertiary/aromatic N) is 4. The van der Waals surface area contributed by atoms with Gasteiger partial charge in [-0.05, 0) is 50.1 Å². The molecule has 2 N–H and O–H groups in total. The van der Waals surface area contributed by atoms with Gasteiger partial charge in [0.15, 0.2) is 5.16 Å². The lowest BCUT2D eigenvalue weighted by atomic mass is 10.1. The van der Waals surface area contributed by atoms with Crippen molar-refractivity contribution in [3.05, 3.63) is 64.4 Å². The van der Waals surface area contributed by atoms with Gasteiger partial charge in [0.2, 0.25) is 17.6 Å². The van der Waals surface area contributed by atoms with Crippen LogP contribution in [0.25, 0.3) is 16.7 Å². The highest BCUT2D eigenvalue weighted by Crippen LogP contribution is 2.22. The number of nitrogens with one attached hydrogen (secondary N) is 2. The Morgan fingerprint density at radius 1 is 1.03 bits per heavy atom. The molecule has 0 aliphatic heterocycles. The Hall–Kier alpha value is -3.66. The molecule has 0 atom stereocenters. The number of anilines is 1. The van der Waals surface area contributed by atoms with Crippen molar-refractivity contribution in [2.75, 3.05) is 11.1 Å². The lowest BCUT2D eigenvalue weighted by molar-refractivity contribution is -0.121. The van der Waals surface area contributed by atoms with E-state index in [2.05, 4.69) is 27.8 Å². The van der Waals surface area contributed by atoms with Gasteiger partial charge in [-0.3, -0.25) is 23.4 Å². The second kappa shape index (κ2) is 10.7. The van der Waals surface area contributed by atoms with E-state index in [0.29, 0.717) is 21.8 Å². The van der Waals surface area contributed by atoms with Gasteiger partial charge < -0.3 is 10.6 Å². The highest BCUT2D eigenvalue weighted by molar-refractivity contribution is 7.99. The molecule has 0 bridgehead atoms. The average Bonchev–Trinajstić information content (AvgIpc) is 3.26. The number of thioether (sulfide) groups is 1. The van der Waals surface area contributed by atoms with Crippen LogP contribution in [0.4, 0.5) is 5.69 Å². The summed E-state index contributed by atoms with van der Waals surface area (Å²) in [6.45, 7) is 6.02. The van der Waals surface area contributed by atoms with Gasteiger partial charge in [-0.25, -0.2) is 0 Å². The molecule has 10 heteroatoms. The lowest BCUT2D eigenvalue weighted by Gasteiger charge is -2.12. The van der Waals surface area contributed by atoms with Gasteiger partial charge in [-0.2, -0.15) is 0 Å². The van der Waals surface area contributed by atoms with E-state index in [0.717, 1.165) is 12.1 Å². The van der Waals surface area contributed by atoms with Crippen molar-refractivity contribution in [2.24, 2.45) is 0 Å². The molecule has 0 spiro atoms. The Morgan fingerprint density at radius 3 is 2.49 bits per heavy atom. The van der Waals surface area contributed by atoms with Crippen molar-refractivity contribution in [2.45, 2.75) is 51.4 Å². The summed E-state index contributed by atoms with van der Waals surface area (Å²) < 4.78 is 3.24. The van der Waals surface area contributed by atoms with Crippen LogP contribution < -0.4 is 16.2 Å². The van der Waals surface area contributed by atoms with Crippen molar-refractivity contribution < 1.29 is 9.59 Å². The van der Waals surface area contributed by atoms with Gasteiger partial charge in [0, 0.05) is 24.7 Å². The zero-order chi connectivity index (χ0) is 24.9. The molecule has 0 aliphatic rings. The predicted molar refractivity (Wildman–Crippen MR) is 138 cm³/mol. The molecule has 35 heavy (non-hydrogen) atoms. The summed E-state index contributed by atoms with van der Waals surface area (Å²) in [5.74, 6) is 0.152. The minimum absolute atomic E-state index is 0.0164. The summed E-state index contributed by atoms with van der Waals surface area (Å²) in [6, 6.07) is 14.9. The largest absolute Gasteiger partial charge is 0.354 e. The third kappa shape index (κ3) is 5.54. The lowest BCUT2D eigenvalue weighted by Crippen LogP contribution is -2.32. The normalized spacial score (nSPS) is 11.3. The zero-order valence-electron chi connectivity index (χ0n) is 19.9. The first kappa shape index (κ1) is 24.5. The van der Waals surface area contributed by atoms with E-state index in [9.17, 15) is 14.4 Å². The first-order valence-corrected chi connectivity index (χ1v) is 12.5. The van der Waals surface area contributed by atoms with E-state index in [4.69, 9.17) is 0 Å². The van der Waals surface area contributed by atoms with Crippen molar-refractivity contribution in [1.82, 2.24) is 24.5 Å². The molecule has 182 valence electrons. The summed E-state index contributed by atoms with van der Waals surface area (Å²) in [7, 11) is 0. The molecule has 9 nitrogen and oxygen atoms in total. The van der Waals surface area contributed by atoms with Crippen LogP contribution in [0, 0.1) is 0 Å². The number of rotatable bonds is 9. The first-order valence-electron chi connectivity index (χ1n) is 11.5. The maximum atomic E-state index is 13.2. The molecule has 0 saturated carbocycles. The number of para-hydroxylation sites is 1. The molecular formula is C25H28N6O3S. The number of carbonyl (C=O) groups is 2. The Kier molecular flexibility index (Phi) is 7.50. The summed E-state index contributed by atoms with van der Waals surface area (Å²) in [5, 5.41) is 15.2. The molecule has 2 aromatic heterocycles. The average molecular weight is 493 g/mol. The third-order valence-corrected chi connectivity index (χ3v) is 6.40. The van der Waals surface area contributed by atoms with Gasteiger partial charge in [0.25, 0.3) is 5.56 Å². The number of fused-ring (bicyclic) bond motifs is 3. The predicted octanol–water partition coefficient (Wildman–Crippen LogP) is 3.25. The van der Waals surface area contributed by atoms with Crippen LogP contribution >= 0.6 is 11.8 Å². The van der Waals surface area contributed by atoms with Crippen LogP contribution in [0.3, 0.4) is 0 Å². The molecule has 4 aromatic rings. The van der Waals surface area contributed by atoms with E-state index >= 15 is 0 Å². The monoisotopic (exact) mass is 492 g/mol. The fourth-order valence-corrected chi connectivity index (χ4v) is 4.53. The minimum Gasteiger partial charge on any atom is -0.354 e. The molecule has 2 aromatic carbocycles. The maximum Gasteiger partial charge on any atom is 0.262 e. The van der Waals surface area contributed by atoms with Crippen LogP contribution in [0.15, 0.2) is 58.5 Å². The topological polar surface area (TPSA) is 110 Å². The number of carbonyl (C=O) groups excluding carboxylic acids is 2. The smallest absolute Gasteiger partial charge is 0.262 e. The number of hydrogen-bond donors (Lipinski definition) is 2. The van der Waals surface area contributed by atoms with Crippen molar-refractivity contribution >= 4 is 45.9 Å². The summed E-state index contributed by atoms with van der Waals surface area (Å²) in [5.41, 5.74) is 2.35. The Labute approximate surface area is 206 Å². The molecule has 4 rings (SSSR count). The number of aryl methyl sites for hydroxylation is 2. The van der Waals surface area contributed by atoms with Crippen LogP contribution in [-0.4, -0.2) is 42.8 Å². The molecule has 2 heterocycles. The molecule has 0 aliphatic carbocycles. The second-order valence-corrected chi connectivity index (χ2v) is 9.39. The van der Waals surface area contributed by atoms with Crippen molar-refractivity contribution in [3.8, 4) is 0 Å². The first-order chi connectivity index (χ1) is 16.9. The van der Waals surface area contributed by atoms with Gasteiger partial charge in [0.1, 0.15) is 0 Å². The molecule has 0 fully saturated rings. The fraction of sp³-hybridized carbons (Fsp3) is 0.320. The van der Waals surface area contributed by atoms with Crippen molar-refractivity contribution in [3.63, 3.8) is 0 Å². The minimum atomic E-state index is -0.234. The molecule has 0 saturated heterocycles. The van der Waals surface area contributed by atoms with Crippen LogP contribution in [0.1, 0.15) is 32.8 Å². The summed E-state index contributed by atoms with van der Waals surface area (Å²) >= 11 is 1.24. The van der Waals surface area contributed by atoms with E-state index in [1.54, 1.807) is 16.5 Å². The summed E-state index contributed by atoms with van der Waals surface area (Å²) in [6.07, 6.45) is 1.08. The Balaban J connectivity index is 1.59. The quantitative estimate of drug-likeness (QED) is 0.347. The van der Waals surface area contributed by atoms with Crippen molar-refractivity contribution in [1.29, 1.82) is 0 Å². The van der Waals surface area contributed by atoms with Crippen LogP contribution in [-0.2, 0) is 22.6 Å². The number of hydrogen-bond acceptors (Lipinski definition) is 6. The summed E-state index contributed by atoms with van der Waals surface area (Å²) in [4.78, 5) is 37.9. The van der Waals surface area contributed by atoms with Gasteiger partial charge in [-0.1, -0.05) is 43.0 Å². The van der Waals surface area contributed by atoms with E-state index < -0.39 is 0 Å². The second-order valence-electron chi connectivity index (χ2n) is 8.45. The molecule has 0 radical (unpaired) electrons. The van der Waals surface area contributed by atoms with Gasteiger partial charge >= 0.3 is 0 Å². The van der Waals surface area contributed by atoms with E-state index in [1.807, 2.05) is 50.2 Å². The SMILES string of the molecule is CCc1ccc(NC(=O)CSc2nnc3n(CCC(=O)NC(C)C)c(=O)c4ccccc4n23)cc1. The number of amides is 2. The number of aromatic nitrogens is 4. The standard InChI is InChI=1S/C25H28N6O3S/c1-4-17-9-11-18(12-10-17)27-22(33)15-35-25-29-28-24-30(14-13-21(32)26-16(2)3)23(34)19-7-5-6-8-20(19)31(24)25/h5-12,16H,4,13-15H2,1-3H3,(H,26,32)(H,27,33). The van der Waals surface area contributed by atoms with E-state index in [1.165, 1.54) is 21.9 Å². The van der Waals surface area contributed by atoms with Gasteiger partial charge in [0.05, 0.1) is 16.7 Å². The maximum absolute atomic E-state index is 13.2. The fourth-order valence-electron chi connectivity index (χ4n) is 3.79. The van der Waals surface area contributed by atoms with E-state index in [-0.39, 0.29) is 42.1 Å². The highest BCUT2D eigenvalue weighted by Gasteiger charge is 2.18. The molecular weight excluding hydrogens is 464 g/mol. The number of benzene rings is 2. The Bertz CT molecular complexity index is 1430. The highest BCUT2D eigenvalue weighted by atomic mass is 32.2. The third-order valence-electron chi connectivity index (χ3n) is 5.47. The van der Waals surface area contributed by atoms with Crippen LogP contribution in [0.5, 0.6) is 0 Å². The Morgan fingerprint density at radius 2 is 1.77 bits per heavy atom. The zero-order valence-corrected chi connectivity index (χ0v) is 20.8. The molecule has 2 amide bonds. The molecule has 0 unspecified atom stereocenters. The van der Waals surface area contributed by atoms with Crippen LogP contribution in [0.2, 0.25) is 0 Å².